The van der Waals surface area contributed by atoms with Crippen LogP contribution in [0.5, 0.6) is 0 Å². The van der Waals surface area contributed by atoms with E-state index in [9.17, 15) is 9.59 Å². The van der Waals surface area contributed by atoms with Crippen LogP contribution in [0.1, 0.15) is 23.1 Å². The summed E-state index contributed by atoms with van der Waals surface area (Å²) in [4.78, 5) is 24.7. The second kappa shape index (κ2) is 6.93. The second-order valence-corrected chi connectivity index (χ2v) is 6.45. The van der Waals surface area contributed by atoms with Crippen molar-refractivity contribution in [1.29, 1.82) is 0 Å². The highest BCUT2D eigenvalue weighted by Crippen LogP contribution is 2.20. The fraction of sp³-hybridized carbons (Fsp3) is 0.238. The molecule has 1 aromatic heterocycles. The number of aryl methyl sites for hydroxylation is 4. The SMILES string of the molecule is Cc1ccc(NC(=O)CCn2c(=O)cc(C)c3cccc(C)c32)cc1. The number of hydrogen-bond acceptors (Lipinski definition) is 2. The lowest BCUT2D eigenvalue weighted by atomic mass is 10.1. The van der Waals surface area contributed by atoms with Crippen LogP contribution >= 0.6 is 0 Å². The lowest BCUT2D eigenvalue weighted by molar-refractivity contribution is -0.116. The monoisotopic (exact) mass is 334 g/mol. The van der Waals surface area contributed by atoms with Crippen molar-refractivity contribution in [3.8, 4) is 0 Å². The molecule has 128 valence electrons. The van der Waals surface area contributed by atoms with E-state index < -0.39 is 0 Å². The lowest BCUT2D eigenvalue weighted by Crippen LogP contribution is -2.24. The molecule has 0 fully saturated rings. The van der Waals surface area contributed by atoms with Crippen molar-refractivity contribution in [3.63, 3.8) is 0 Å². The standard InChI is InChI=1S/C21H22N2O2/c1-14-7-9-17(10-8-14)22-19(24)11-12-23-20(25)13-16(3)18-6-4-5-15(2)21(18)23/h4-10,13H,11-12H2,1-3H3,(H,22,24). The summed E-state index contributed by atoms with van der Waals surface area (Å²) < 4.78 is 1.70. The summed E-state index contributed by atoms with van der Waals surface area (Å²) in [7, 11) is 0. The largest absolute Gasteiger partial charge is 0.326 e. The van der Waals surface area contributed by atoms with Gasteiger partial charge in [0.15, 0.2) is 0 Å². The van der Waals surface area contributed by atoms with E-state index >= 15 is 0 Å². The van der Waals surface area contributed by atoms with E-state index in [1.807, 2.05) is 63.2 Å². The van der Waals surface area contributed by atoms with Crippen molar-refractivity contribution in [2.45, 2.75) is 33.7 Å². The van der Waals surface area contributed by atoms with Gasteiger partial charge in [0.2, 0.25) is 5.91 Å². The Kier molecular flexibility index (Phi) is 4.70. The molecule has 25 heavy (non-hydrogen) atoms. The first-order chi connectivity index (χ1) is 12.0. The number of para-hydroxylation sites is 1. The molecular weight excluding hydrogens is 312 g/mol. The quantitative estimate of drug-likeness (QED) is 0.785. The maximum atomic E-state index is 12.4. The molecule has 0 bridgehead atoms. The van der Waals surface area contributed by atoms with Crippen molar-refractivity contribution in [2.75, 3.05) is 5.32 Å². The van der Waals surface area contributed by atoms with E-state index in [0.29, 0.717) is 6.54 Å². The smallest absolute Gasteiger partial charge is 0.251 e. The molecule has 0 aliphatic rings. The van der Waals surface area contributed by atoms with Crippen LogP contribution < -0.4 is 10.9 Å². The van der Waals surface area contributed by atoms with Gasteiger partial charge in [0.1, 0.15) is 0 Å². The van der Waals surface area contributed by atoms with Crippen molar-refractivity contribution in [1.82, 2.24) is 4.57 Å². The molecule has 3 aromatic rings. The number of carbonyl (C=O) groups is 1. The zero-order valence-electron chi connectivity index (χ0n) is 14.8. The van der Waals surface area contributed by atoms with E-state index in [4.69, 9.17) is 0 Å². The van der Waals surface area contributed by atoms with Crippen LogP contribution in [0.3, 0.4) is 0 Å². The molecule has 2 aromatic carbocycles. The average molecular weight is 334 g/mol. The van der Waals surface area contributed by atoms with Gasteiger partial charge in [-0.15, -0.1) is 0 Å². The summed E-state index contributed by atoms with van der Waals surface area (Å²) in [6.45, 7) is 6.29. The van der Waals surface area contributed by atoms with Gasteiger partial charge in [0, 0.05) is 30.1 Å². The first kappa shape index (κ1) is 17.0. The molecule has 0 spiro atoms. The third-order valence-electron chi connectivity index (χ3n) is 4.44. The van der Waals surface area contributed by atoms with Crippen molar-refractivity contribution in [3.05, 3.63) is 75.6 Å². The Balaban J connectivity index is 1.82. The molecule has 4 nitrogen and oxygen atoms in total. The molecule has 3 rings (SSSR count). The van der Waals surface area contributed by atoms with Crippen LogP contribution in [0.2, 0.25) is 0 Å². The zero-order valence-corrected chi connectivity index (χ0v) is 14.8. The summed E-state index contributed by atoms with van der Waals surface area (Å²) in [6, 6.07) is 15.3. The van der Waals surface area contributed by atoms with Gasteiger partial charge in [-0.1, -0.05) is 35.9 Å². The van der Waals surface area contributed by atoms with Gasteiger partial charge in [0.05, 0.1) is 5.52 Å². The van der Waals surface area contributed by atoms with E-state index in [1.54, 1.807) is 10.6 Å². The number of nitrogens with one attached hydrogen (secondary N) is 1. The number of nitrogens with zero attached hydrogens (tertiary/aromatic N) is 1. The fourth-order valence-corrected chi connectivity index (χ4v) is 3.08. The highest BCUT2D eigenvalue weighted by Gasteiger charge is 2.10. The Labute approximate surface area is 147 Å². The molecule has 0 aliphatic carbocycles. The second-order valence-electron chi connectivity index (χ2n) is 6.45. The predicted octanol–water partition coefficient (Wildman–Crippen LogP) is 3.96. The molecule has 0 aliphatic heterocycles. The topological polar surface area (TPSA) is 51.1 Å². The Bertz CT molecular complexity index is 985. The number of rotatable bonds is 4. The molecule has 0 unspecified atom stereocenters. The number of aromatic nitrogens is 1. The average Bonchev–Trinajstić information content (AvgIpc) is 2.57. The minimum atomic E-state index is -0.0990. The number of fused-ring (bicyclic) bond motifs is 1. The molecule has 1 N–H and O–H groups in total. The summed E-state index contributed by atoms with van der Waals surface area (Å²) in [5, 5.41) is 3.93. The van der Waals surface area contributed by atoms with Gasteiger partial charge in [0.25, 0.3) is 5.56 Å². The molecule has 0 atom stereocenters. The molecule has 4 heteroatoms. The molecule has 0 radical (unpaired) electrons. The third kappa shape index (κ3) is 3.63. The number of benzene rings is 2. The van der Waals surface area contributed by atoms with E-state index in [2.05, 4.69) is 5.32 Å². The maximum absolute atomic E-state index is 12.4. The van der Waals surface area contributed by atoms with Gasteiger partial charge in [-0.25, -0.2) is 0 Å². The van der Waals surface area contributed by atoms with Crippen LogP contribution in [0.15, 0.2) is 53.3 Å². The molecule has 1 heterocycles. The van der Waals surface area contributed by atoms with E-state index in [-0.39, 0.29) is 17.9 Å². The van der Waals surface area contributed by atoms with Crippen molar-refractivity contribution in [2.24, 2.45) is 0 Å². The molecule has 1 amide bonds. The summed E-state index contributed by atoms with van der Waals surface area (Å²) in [5.74, 6) is -0.0990. The Morgan fingerprint density at radius 2 is 1.72 bits per heavy atom. The van der Waals surface area contributed by atoms with Gasteiger partial charge in [-0.05, 0) is 44.0 Å². The number of carbonyl (C=O) groups excluding carboxylic acids is 1. The van der Waals surface area contributed by atoms with Crippen molar-refractivity contribution < 1.29 is 4.79 Å². The van der Waals surface area contributed by atoms with Crippen LogP contribution in [0.25, 0.3) is 10.9 Å². The molecule has 0 saturated carbocycles. The highest BCUT2D eigenvalue weighted by molar-refractivity contribution is 5.91. The number of pyridine rings is 1. The first-order valence-corrected chi connectivity index (χ1v) is 8.42. The fourth-order valence-electron chi connectivity index (χ4n) is 3.08. The Morgan fingerprint density at radius 3 is 2.44 bits per heavy atom. The van der Waals surface area contributed by atoms with Crippen LogP contribution in [-0.4, -0.2) is 10.5 Å². The normalized spacial score (nSPS) is 10.8. The van der Waals surface area contributed by atoms with Crippen LogP contribution in [0.4, 0.5) is 5.69 Å². The highest BCUT2D eigenvalue weighted by atomic mass is 16.1. The van der Waals surface area contributed by atoms with Gasteiger partial charge in [-0.3, -0.25) is 9.59 Å². The van der Waals surface area contributed by atoms with E-state index in [1.165, 1.54) is 0 Å². The summed E-state index contributed by atoms with van der Waals surface area (Å²) >= 11 is 0. The summed E-state index contributed by atoms with van der Waals surface area (Å²) in [6.07, 6.45) is 0.250. The van der Waals surface area contributed by atoms with Gasteiger partial charge < -0.3 is 9.88 Å². The van der Waals surface area contributed by atoms with Crippen molar-refractivity contribution >= 4 is 22.5 Å². The minimum absolute atomic E-state index is 0.0672. The lowest BCUT2D eigenvalue weighted by Gasteiger charge is -2.14. The third-order valence-corrected chi connectivity index (χ3v) is 4.44. The predicted molar refractivity (Wildman–Crippen MR) is 102 cm³/mol. The van der Waals surface area contributed by atoms with Gasteiger partial charge >= 0.3 is 0 Å². The molecular formula is C21H22N2O2. The maximum Gasteiger partial charge on any atom is 0.251 e. The minimum Gasteiger partial charge on any atom is -0.326 e. The number of hydrogen-bond donors (Lipinski definition) is 1. The Hall–Kier alpha value is -2.88. The number of anilines is 1. The van der Waals surface area contributed by atoms with Crippen LogP contribution in [-0.2, 0) is 11.3 Å². The summed E-state index contributed by atoms with van der Waals surface area (Å²) in [5.41, 5.74) is 4.76. The first-order valence-electron chi connectivity index (χ1n) is 8.42. The van der Waals surface area contributed by atoms with E-state index in [0.717, 1.165) is 33.3 Å². The van der Waals surface area contributed by atoms with Gasteiger partial charge in [-0.2, -0.15) is 0 Å². The Morgan fingerprint density at radius 1 is 1.00 bits per heavy atom. The number of amides is 1. The zero-order chi connectivity index (χ0) is 18.0. The van der Waals surface area contributed by atoms with Crippen LogP contribution in [0, 0.1) is 20.8 Å². The molecule has 0 saturated heterocycles.